The molecule has 1 amide bonds. The highest BCUT2D eigenvalue weighted by atomic mass is 16.2. The van der Waals surface area contributed by atoms with E-state index in [2.05, 4.69) is 28.5 Å². The first-order chi connectivity index (χ1) is 12.7. The van der Waals surface area contributed by atoms with Crippen LogP contribution in [-0.2, 0) is 0 Å². The number of carbonyl (C=O) groups is 1. The zero-order chi connectivity index (χ0) is 18.1. The number of fused-ring (bicyclic) bond motifs is 1. The van der Waals surface area contributed by atoms with Crippen LogP contribution < -0.4 is 0 Å². The Labute approximate surface area is 152 Å². The molecule has 3 aromatic rings. The first kappa shape index (κ1) is 16.5. The number of piperazine rings is 1. The maximum Gasteiger partial charge on any atom is 0.254 e. The number of hydrogen-bond acceptors (Lipinski definition) is 4. The summed E-state index contributed by atoms with van der Waals surface area (Å²) in [5, 5.41) is 0. The Morgan fingerprint density at radius 1 is 1.15 bits per heavy atom. The summed E-state index contributed by atoms with van der Waals surface area (Å²) in [6, 6.07) is 11.5. The summed E-state index contributed by atoms with van der Waals surface area (Å²) < 4.78 is 1.91. The van der Waals surface area contributed by atoms with Crippen molar-refractivity contribution in [2.24, 2.45) is 0 Å². The van der Waals surface area contributed by atoms with Crippen molar-refractivity contribution < 1.29 is 4.79 Å². The molecule has 1 aromatic carbocycles. The van der Waals surface area contributed by atoms with Crippen molar-refractivity contribution in [3.05, 3.63) is 60.6 Å². The quantitative estimate of drug-likeness (QED) is 0.730. The highest BCUT2D eigenvalue weighted by Gasteiger charge is 2.20. The van der Waals surface area contributed by atoms with Crippen molar-refractivity contribution in [1.82, 2.24) is 24.3 Å². The van der Waals surface area contributed by atoms with Gasteiger partial charge in [-0.05, 0) is 43.5 Å². The lowest BCUT2D eigenvalue weighted by Gasteiger charge is -2.32. The molecular weight excluding hydrogens is 326 g/mol. The highest BCUT2D eigenvalue weighted by Crippen LogP contribution is 2.19. The van der Waals surface area contributed by atoms with Gasteiger partial charge in [0, 0.05) is 37.4 Å². The van der Waals surface area contributed by atoms with E-state index in [0.717, 1.165) is 48.7 Å². The zero-order valence-corrected chi connectivity index (χ0v) is 14.8. The summed E-state index contributed by atoms with van der Waals surface area (Å²) in [5.41, 5.74) is 3.93. The number of aromatic nitrogens is 3. The van der Waals surface area contributed by atoms with Crippen LogP contribution in [0.15, 0.2) is 49.3 Å². The number of carbonyl (C=O) groups excluding carboxylic acids is 1. The van der Waals surface area contributed by atoms with E-state index < -0.39 is 0 Å². The van der Waals surface area contributed by atoms with Crippen LogP contribution in [0.25, 0.3) is 22.9 Å². The molecular formula is C20H21N5O. The highest BCUT2D eigenvalue weighted by molar-refractivity contribution is 5.95. The number of hydrogen-bond donors (Lipinski definition) is 0. The van der Waals surface area contributed by atoms with Crippen molar-refractivity contribution in [3.63, 3.8) is 0 Å². The number of pyridine rings is 1. The lowest BCUT2D eigenvalue weighted by Crippen LogP contribution is -2.47. The van der Waals surface area contributed by atoms with Crippen LogP contribution in [0.2, 0.25) is 0 Å². The minimum Gasteiger partial charge on any atom is -0.336 e. The van der Waals surface area contributed by atoms with E-state index in [-0.39, 0.29) is 5.91 Å². The summed E-state index contributed by atoms with van der Waals surface area (Å²) in [6.45, 7) is 7.11. The van der Waals surface area contributed by atoms with Gasteiger partial charge in [0.25, 0.3) is 5.91 Å². The summed E-state index contributed by atoms with van der Waals surface area (Å²) in [6.07, 6.45) is 3.45. The van der Waals surface area contributed by atoms with Gasteiger partial charge >= 0.3 is 0 Å². The van der Waals surface area contributed by atoms with E-state index in [9.17, 15) is 4.79 Å². The van der Waals surface area contributed by atoms with Crippen LogP contribution >= 0.6 is 0 Å². The molecule has 1 fully saturated rings. The van der Waals surface area contributed by atoms with E-state index in [1.54, 1.807) is 12.4 Å². The molecule has 0 unspecified atom stereocenters. The molecule has 26 heavy (non-hydrogen) atoms. The molecule has 6 nitrogen and oxygen atoms in total. The second kappa shape index (κ2) is 6.72. The Bertz CT molecular complexity index is 969. The fourth-order valence-electron chi connectivity index (χ4n) is 3.19. The van der Waals surface area contributed by atoms with Crippen molar-refractivity contribution in [2.45, 2.75) is 0 Å². The average molecular weight is 347 g/mol. The SMILES string of the molecule is C=Cc1ccc2ncn(-c3cccc(C(=O)N4CCN(C)CC4)c3)c2n1. The topological polar surface area (TPSA) is 54.3 Å². The smallest absolute Gasteiger partial charge is 0.254 e. The third kappa shape index (κ3) is 2.99. The molecule has 1 aliphatic rings. The van der Waals surface area contributed by atoms with E-state index >= 15 is 0 Å². The van der Waals surface area contributed by atoms with Gasteiger partial charge in [0.2, 0.25) is 0 Å². The van der Waals surface area contributed by atoms with Crippen LogP contribution in [0.1, 0.15) is 16.1 Å². The summed E-state index contributed by atoms with van der Waals surface area (Å²) in [5.74, 6) is 0.0733. The Balaban J connectivity index is 1.68. The molecule has 0 radical (unpaired) electrons. The lowest BCUT2D eigenvalue weighted by molar-refractivity contribution is 0.0664. The third-order valence-corrected chi connectivity index (χ3v) is 4.79. The summed E-state index contributed by atoms with van der Waals surface area (Å²) >= 11 is 0. The maximum absolute atomic E-state index is 12.8. The van der Waals surface area contributed by atoms with E-state index in [4.69, 9.17) is 0 Å². The van der Waals surface area contributed by atoms with E-state index in [0.29, 0.717) is 5.56 Å². The fraction of sp³-hybridized carbons (Fsp3) is 0.250. The number of amides is 1. The van der Waals surface area contributed by atoms with Gasteiger partial charge < -0.3 is 9.80 Å². The zero-order valence-electron chi connectivity index (χ0n) is 14.8. The fourth-order valence-corrected chi connectivity index (χ4v) is 3.19. The van der Waals surface area contributed by atoms with Crippen molar-refractivity contribution in [2.75, 3.05) is 33.2 Å². The van der Waals surface area contributed by atoms with Crippen molar-refractivity contribution >= 4 is 23.1 Å². The van der Waals surface area contributed by atoms with Gasteiger partial charge in [0.15, 0.2) is 5.65 Å². The third-order valence-electron chi connectivity index (χ3n) is 4.79. The summed E-state index contributed by atoms with van der Waals surface area (Å²) in [7, 11) is 2.08. The van der Waals surface area contributed by atoms with Gasteiger partial charge in [-0.15, -0.1) is 0 Å². The van der Waals surface area contributed by atoms with Gasteiger partial charge in [-0.1, -0.05) is 12.6 Å². The van der Waals surface area contributed by atoms with Crippen molar-refractivity contribution in [1.29, 1.82) is 0 Å². The van der Waals surface area contributed by atoms with Crippen LogP contribution in [0.5, 0.6) is 0 Å². The Morgan fingerprint density at radius 3 is 2.73 bits per heavy atom. The van der Waals surface area contributed by atoms with Gasteiger partial charge in [0.1, 0.15) is 11.8 Å². The lowest BCUT2D eigenvalue weighted by atomic mass is 10.1. The largest absolute Gasteiger partial charge is 0.336 e. The van der Waals surface area contributed by atoms with Gasteiger partial charge in [-0.25, -0.2) is 9.97 Å². The molecule has 1 saturated heterocycles. The standard InChI is InChI=1S/C20H21N5O/c1-3-16-7-8-18-19(22-16)25(14-21-18)17-6-4-5-15(13-17)20(26)24-11-9-23(2)10-12-24/h3-8,13-14H,1,9-12H2,2H3. The predicted octanol–water partition coefficient (Wildman–Crippen LogP) is 2.45. The molecule has 0 spiro atoms. The minimum absolute atomic E-state index is 0.0733. The Kier molecular flexibility index (Phi) is 4.26. The van der Waals surface area contributed by atoms with Crippen LogP contribution in [0, 0.1) is 0 Å². The van der Waals surface area contributed by atoms with Crippen molar-refractivity contribution in [3.8, 4) is 5.69 Å². The molecule has 0 aliphatic carbocycles. The molecule has 0 N–H and O–H groups in total. The number of likely N-dealkylation sites (N-methyl/N-ethyl adjacent to an activating group) is 1. The molecule has 4 rings (SSSR count). The average Bonchev–Trinajstić information content (AvgIpc) is 3.11. The normalized spacial score (nSPS) is 15.3. The molecule has 3 heterocycles. The van der Waals surface area contributed by atoms with Gasteiger partial charge in [0.05, 0.1) is 5.69 Å². The molecule has 6 heteroatoms. The second-order valence-corrected chi connectivity index (χ2v) is 6.54. The Hall–Kier alpha value is -2.99. The van der Waals surface area contributed by atoms with Crippen LogP contribution in [0.4, 0.5) is 0 Å². The van der Waals surface area contributed by atoms with Crippen LogP contribution in [0.3, 0.4) is 0 Å². The number of benzene rings is 1. The van der Waals surface area contributed by atoms with Gasteiger partial charge in [-0.2, -0.15) is 0 Å². The number of rotatable bonds is 3. The molecule has 0 bridgehead atoms. The predicted molar refractivity (Wildman–Crippen MR) is 102 cm³/mol. The number of nitrogens with zero attached hydrogens (tertiary/aromatic N) is 5. The molecule has 1 aliphatic heterocycles. The molecule has 0 atom stereocenters. The first-order valence-electron chi connectivity index (χ1n) is 8.70. The second-order valence-electron chi connectivity index (χ2n) is 6.54. The monoisotopic (exact) mass is 347 g/mol. The van der Waals surface area contributed by atoms with Crippen LogP contribution in [-0.4, -0.2) is 63.5 Å². The Morgan fingerprint density at radius 2 is 1.96 bits per heavy atom. The molecule has 2 aromatic heterocycles. The van der Waals surface area contributed by atoms with Gasteiger partial charge in [-0.3, -0.25) is 9.36 Å². The molecule has 132 valence electrons. The summed E-state index contributed by atoms with van der Waals surface area (Å²) in [4.78, 5) is 26.0. The van der Waals surface area contributed by atoms with E-state index in [1.165, 1.54) is 0 Å². The number of imidazole rings is 1. The molecule has 0 saturated carbocycles. The van der Waals surface area contributed by atoms with E-state index in [1.807, 2.05) is 45.9 Å². The minimum atomic E-state index is 0.0733. The maximum atomic E-state index is 12.8. The first-order valence-corrected chi connectivity index (χ1v) is 8.70.